The maximum atomic E-state index is 4.70. The lowest BCUT2D eigenvalue weighted by Crippen LogP contribution is -2.37. The van der Waals surface area contributed by atoms with Crippen LogP contribution in [0.25, 0.3) is 0 Å². The van der Waals surface area contributed by atoms with Gasteiger partial charge in [0, 0.05) is 19.6 Å². The molecule has 1 saturated heterocycles. The highest BCUT2D eigenvalue weighted by molar-refractivity contribution is 5.79. The highest BCUT2D eigenvalue weighted by Gasteiger charge is 2.11. The average molecular weight is 370 g/mol. The molecule has 1 fully saturated rings. The number of guanidine groups is 1. The van der Waals surface area contributed by atoms with Crippen LogP contribution in [-0.2, 0) is 26.2 Å². The first kappa shape index (κ1) is 19.4. The first-order chi connectivity index (χ1) is 13.3. The van der Waals surface area contributed by atoms with Gasteiger partial charge in [0.05, 0.1) is 13.1 Å². The van der Waals surface area contributed by atoms with E-state index in [2.05, 4.69) is 63.8 Å². The van der Waals surface area contributed by atoms with E-state index in [1.807, 2.05) is 4.57 Å². The van der Waals surface area contributed by atoms with Crippen molar-refractivity contribution in [1.82, 2.24) is 30.3 Å². The molecule has 0 atom stereocenters. The third-order valence-electron chi connectivity index (χ3n) is 4.84. The summed E-state index contributed by atoms with van der Waals surface area (Å²) >= 11 is 0. The third-order valence-corrected chi connectivity index (χ3v) is 4.84. The van der Waals surface area contributed by atoms with Gasteiger partial charge < -0.3 is 15.2 Å². The lowest BCUT2D eigenvalue weighted by Gasteiger charge is -2.14. The SMILES string of the molecule is CCNC(=NCc1ccc(CN2CCCC2)cc1)NCc1nncn1CC. The summed E-state index contributed by atoms with van der Waals surface area (Å²) in [5.74, 6) is 1.71. The molecule has 0 amide bonds. The second-order valence-electron chi connectivity index (χ2n) is 6.88. The molecule has 0 spiro atoms. The van der Waals surface area contributed by atoms with Crippen LogP contribution in [0.5, 0.6) is 0 Å². The van der Waals surface area contributed by atoms with Crippen LogP contribution in [0, 0.1) is 0 Å². The molecule has 27 heavy (non-hydrogen) atoms. The summed E-state index contributed by atoms with van der Waals surface area (Å²) < 4.78 is 2.02. The van der Waals surface area contributed by atoms with Crippen LogP contribution in [0.3, 0.4) is 0 Å². The van der Waals surface area contributed by atoms with E-state index in [1.54, 1.807) is 6.33 Å². The predicted octanol–water partition coefficient (Wildman–Crippen LogP) is 2.15. The second-order valence-corrected chi connectivity index (χ2v) is 6.88. The molecule has 3 rings (SSSR count). The molecule has 0 aliphatic carbocycles. The number of rotatable bonds is 8. The van der Waals surface area contributed by atoms with Crippen molar-refractivity contribution in [1.29, 1.82) is 0 Å². The van der Waals surface area contributed by atoms with Crippen molar-refractivity contribution >= 4 is 5.96 Å². The van der Waals surface area contributed by atoms with E-state index in [0.29, 0.717) is 13.1 Å². The minimum absolute atomic E-state index is 0.606. The number of aromatic nitrogens is 3. The molecule has 2 heterocycles. The number of nitrogens with zero attached hydrogens (tertiary/aromatic N) is 5. The molecule has 7 heteroatoms. The zero-order valence-corrected chi connectivity index (χ0v) is 16.5. The number of likely N-dealkylation sites (tertiary alicyclic amines) is 1. The van der Waals surface area contributed by atoms with Crippen LogP contribution in [0.4, 0.5) is 0 Å². The second kappa shape index (κ2) is 10.1. The van der Waals surface area contributed by atoms with Gasteiger partial charge in [-0.25, -0.2) is 4.99 Å². The Labute approximate surface area is 161 Å². The molecule has 146 valence electrons. The molecule has 1 aliphatic heterocycles. The van der Waals surface area contributed by atoms with Gasteiger partial charge in [-0.15, -0.1) is 10.2 Å². The maximum absolute atomic E-state index is 4.70. The van der Waals surface area contributed by atoms with Crippen LogP contribution in [-0.4, -0.2) is 45.3 Å². The van der Waals surface area contributed by atoms with Gasteiger partial charge in [0.15, 0.2) is 11.8 Å². The zero-order valence-electron chi connectivity index (χ0n) is 16.5. The largest absolute Gasteiger partial charge is 0.357 e. The van der Waals surface area contributed by atoms with Gasteiger partial charge in [-0.3, -0.25) is 4.90 Å². The number of aliphatic imine (C=N–C) groups is 1. The molecule has 0 saturated carbocycles. The maximum Gasteiger partial charge on any atom is 0.191 e. The standard InChI is InChI=1S/C20H31N7/c1-3-21-20(23-14-19-25-24-16-27(19)4-2)22-13-17-7-9-18(10-8-17)15-26-11-5-6-12-26/h7-10,16H,3-6,11-15H2,1-2H3,(H2,21,22,23). The monoisotopic (exact) mass is 369 g/mol. The molecule has 0 radical (unpaired) electrons. The van der Waals surface area contributed by atoms with E-state index in [9.17, 15) is 0 Å². The van der Waals surface area contributed by atoms with E-state index in [-0.39, 0.29) is 0 Å². The number of benzene rings is 1. The van der Waals surface area contributed by atoms with Gasteiger partial charge in [0.2, 0.25) is 0 Å². The number of hydrogen-bond donors (Lipinski definition) is 2. The quantitative estimate of drug-likeness (QED) is 0.551. The fourth-order valence-corrected chi connectivity index (χ4v) is 3.30. The lowest BCUT2D eigenvalue weighted by atomic mass is 10.1. The highest BCUT2D eigenvalue weighted by atomic mass is 15.3. The van der Waals surface area contributed by atoms with Gasteiger partial charge in [0.1, 0.15) is 6.33 Å². The van der Waals surface area contributed by atoms with Gasteiger partial charge in [0.25, 0.3) is 0 Å². The predicted molar refractivity (Wildman–Crippen MR) is 108 cm³/mol. The van der Waals surface area contributed by atoms with Crippen molar-refractivity contribution in [3.63, 3.8) is 0 Å². The molecule has 7 nitrogen and oxygen atoms in total. The van der Waals surface area contributed by atoms with E-state index in [1.165, 1.54) is 37.1 Å². The highest BCUT2D eigenvalue weighted by Crippen LogP contribution is 2.13. The smallest absolute Gasteiger partial charge is 0.191 e. The molecule has 1 aromatic heterocycles. The average Bonchev–Trinajstić information content (AvgIpc) is 3.36. The number of hydrogen-bond acceptors (Lipinski definition) is 4. The van der Waals surface area contributed by atoms with Crippen LogP contribution in [0.1, 0.15) is 43.6 Å². The zero-order chi connectivity index (χ0) is 18.9. The number of aryl methyl sites for hydroxylation is 1. The first-order valence-electron chi connectivity index (χ1n) is 9.97. The first-order valence-corrected chi connectivity index (χ1v) is 9.97. The summed E-state index contributed by atoms with van der Waals surface area (Å²) in [7, 11) is 0. The summed E-state index contributed by atoms with van der Waals surface area (Å²) in [6, 6.07) is 8.83. The fourth-order valence-electron chi connectivity index (χ4n) is 3.30. The van der Waals surface area contributed by atoms with Gasteiger partial charge in [-0.05, 0) is 50.9 Å². The molecular formula is C20H31N7. The van der Waals surface area contributed by atoms with Crippen molar-refractivity contribution in [3.8, 4) is 0 Å². The normalized spacial score (nSPS) is 15.3. The minimum Gasteiger partial charge on any atom is -0.357 e. The van der Waals surface area contributed by atoms with Crippen LogP contribution in [0.15, 0.2) is 35.6 Å². The lowest BCUT2D eigenvalue weighted by molar-refractivity contribution is 0.331. The van der Waals surface area contributed by atoms with Gasteiger partial charge in [-0.1, -0.05) is 24.3 Å². The molecule has 1 aromatic carbocycles. The van der Waals surface area contributed by atoms with Crippen LogP contribution < -0.4 is 10.6 Å². The molecular weight excluding hydrogens is 338 g/mol. The van der Waals surface area contributed by atoms with Gasteiger partial charge >= 0.3 is 0 Å². The van der Waals surface area contributed by atoms with E-state index in [0.717, 1.165) is 31.4 Å². The van der Waals surface area contributed by atoms with Gasteiger partial charge in [-0.2, -0.15) is 0 Å². The summed E-state index contributed by atoms with van der Waals surface area (Å²) in [5, 5.41) is 14.7. The molecule has 0 bridgehead atoms. The molecule has 1 aliphatic rings. The van der Waals surface area contributed by atoms with Crippen LogP contribution in [0.2, 0.25) is 0 Å². The van der Waals surface area contributed by atoms with E-state index < -0.39 is 0 Å². The van der Waals surface area contributed by atoms with E-state index in [4.69, 9.17) is 4.99 Å². The van der Waals surface area contributed by atoms with Crippen molar-refractivity contribution in [2.24, 2.45) is 4.99 Å². The summed E-state index contributed by atoms with van der Waals surface area (Å²) in [6.07, 6.45) is 4.42. The third kappa shape index (κ3) is 5.79. The van der Waals surface area contributed by atoms with Crippen LogP contribution >= 0.6 is 0 Å². The number of nitrogens with one attached hydrogen (secondary N) is 2. The fraction of sp³-hybridized carbons (Fsp3) is 0.550. The minimum atomic E-state index is 0.606. The summed E-state index contributed by atoms with van der Waals surface area (Å²) in [5.41, 5.74) is 2.60. The Kier molecular flexibility index (Phi) is 7.21. The Bertz CT molecular complexity index is 714. The van der Waals surface area contributed by atoms with Crippen molar-refractivity contribution in [2.75, 3.05) is 19.6 Å². The van der Waals surface area contributed by atoms with Crippen molar-refractivity contribution in [3.05, 3.63) is 47.5 Å². The Morgan fingerprint density at radius 2 is 1.81 bits per heavy atom. The van der Waals surface area contributed by atoms with Crippen molar-refractivity contribution < 1.29 is 0 Å². The molecule has 2 N–H and O–H groups in total. The Hall–Kier alpha value is -2.41. The van der Waals surface area contributed by atoms with E-state index >= 15 is 0 Å². The Morgan fingerprint density at radius 1 is 1.07 bits per heavy atom. The van der Waals surface area contributed by atoms with Crippen molar-refractivity contribution in [2.45, 2.75) is 52.9 Å². The Balaban J connectivity index is 1.54. The summed E-state index contributed by atoms with van der Waals surface area (Å²) in [4.78, 5) is 7.22. The molecule has 0 unspecified atom stereocenters. The Morgan fingerprint density at radius 3 is 2.52 bits per heavy atom. The molecule has 2 aromatic rings. The topological polar surface area (TPSA) is 70.4 Å². The summed E-state index contributed by atoms with van der Waals surface area (Å²) in [6.45, 7) is 10.6.